The normalized spacial score (nSPS) is 11.8. The third-order valence-electron chi connectivity index (χ3n) is 2.92. The number of aromatic amines is 1. The van der Waals surface area contributed by atoms with Crippen LogP contribution < -0.4 is 5.73 Å². The van der Waals surface area contributed by atoms with Gasteiger partial charge in [-0.25, -0.2) is 0 Å². The summed E-state index contributed by atoms with van der Waals surface area (Å²) in [5.41, 5.74) is 10.7. The monoisotopic (exact) mass is 243 g/mol. The zero-order valence-electron chi connectivity index (χ0n) is 11.5. The minimum atomic E-state index is 0.207. The number of aromatic nitrogens is 2. The van der Waals surface area contributed by atoms with Crippen LogP contribution in [0.25, 0.3) is 11.1 Å². The number of benzene rings is 1. The van der Waals surface area contributed by atoms with E-state index in [0.29, 0.717) is 5.82 Å². The van der Waals surface area contributed by atoms with Crippen molar-refractivity contribution in [2.75, 3.05) is 5.73 Å². The van der Waals surface area contributed by atoms with Crippen LogP contribution in [0.2, 0.25) is 0 Å². The highest BCUT2D eigenvalue weighted by molar-refractivity contribution is 5.76. The molecule has 1 heterocycles. The molecule has 0 fully saturated rings. The molecule has 1 aromatic carbocycles. The van der Waals surface area contributed by atoms with Gasteiger partial charge in [0.25, 0.3) is 0 Å². The van der Waals surface area contributed by atoms with Gasteiger partial charge in [0.05, 0.1) is 0 Å². The predicted octanol–water partition coefficient (Wildman–Crippen LogP) is 3.56. The summed E-state index contributed by atoms with van der Waals surface area (Å²) < 4.78 is 0. The second-order valence-corrected chi connectivity index (χ2v) is 6.07. The lowest BCUT2D eigenvalue weighted by atomic mass is 9.88. The molecule has 0 bridgehead atoms. The van der Waals surface area contributed by atoms with E-state index < -0.39 is 0 Å². The molecular weight excluding hydrogens is 222 g/mol. The van der Waals surface area contributed by atoms with Crippen LogP contribution in [0.4, 0.5) is 5.82 Å². The Bertz CT molecular complexity index is 530. The van der Waals surface area contributed by atoms with Gasteiger partial charge in [-0.05, 0) is 24.3 Å². The highest BCUT2D eigenvalue weighted by Gasteiger charge is 2.19. The molecule has 18 heavy (non-hydrogen) atoms. The molecule has 3 heteroatoms. The topological polar surface area (TPSA) is 54.7 Å². The predicted molar refractivity (Wildman–Crippen MR) is 76.3 cm³/mol. The fourth-order valence-corrected chi connectivity index (χ4v) is 2.09. The van der Waals surface area contributed by atoms with Crippen molar-refractivity contribution in [1.82, 2.24) is 10.2 Å². The molecule has 0 radical (unpaired) electrons. The number of nitrogens with two attached hydrogens (primary N) is 1. The summed E-state index contributed by atoms with van der Waals surface area (Å²) in [7, 11) is 0. The van der Waals surface area contributed by atoms with E-state index in [1.54, 1.807) is 0 Å². The van der Waals surface area contributed by atoms with Gasteiger partial charge in [-0.15, -0.1) is 0 Å². The van der Waals surface area contributed by atoms with Crippen molar-refractivity contribution < 1.29 is 0 Å². The molecular formula is C15H21N3. The average Bonchev–Trinajstić information content (AvgIpc) is 2.59. The molecule has 3 nitrogen and oxygen atoms in total. The Kier molecular flexibility index (Phi) is 3.16. The summed E-state index contributed by atoms with van der Waals surface area (Å²) in [6.45, 7) is 8.72. The Labute approximate surface area is 108 Å². The average molecular weight is 243 g/mol. The molecule has 1 aromatic heterocycles. The zero-order chi connectivity index (χ0) is 13.3. The number of H-pyrrole nitrogens is 1. The lowest BCUT2D eigenvalue weighted by molar-refractivity contribution is 0.406. The number of nitrogens with one attached hydrogen (secondary N) is 1. The van der Waals surface area contributed by atoms with Crippen LogP contribution in [0.5, 0.6) is 0 Å². The number of aryl methyl sites for hydroxylation is 1. The Balaban J connectivity index is 2.43. The third kappa shape index (κ3) is 2.73. The minimum absolute atomic E-state index is 0.207. The van der Waals surface area contributed by atoms with Crippen molar-refractivity contribution in [2.45, 2.75) is 34.1 Å². The zero-order valence-corrected chi connectivity index (χ0v) is 11.5. The smallest absolute Gasteiger partial charge is 0.153 e. The van der Waals surface area contributed by atoms with Crippen molar-refractivity contribution in [1.29, 1.82) is 0 Å². The number of hydrogen-bond donors (Lipinski definition) is 2. The molecule has 0 saturated carbocycles. The summed E-state index contributed by atoms with van der Waals surface area (Å²) >= 11 is 0. The van der Waals surface area contributed by atoms with E-state index in [0.717, 1.165) is 23.2 Å². The molecule has 0 aliphatic carbocycles. The molecule has 0 aliphatic heterocycles. The van der Waals surface area contributed by atoms with E-state index in [9.17, 15) is 0 Å². The summed E-state index contributed by atoms with van der Waals surface area (Å²) in [6, 6.07) is 8.40. The maximum absolute atomic E-state index is 5.99. The van der Waals surface area contributed by atoms with Gasteiger partial charge < -0.3 is 5.73 Å². The lowest BCUT2D eigenvalue weighted by Gasteiger charge is -2.17. The first-order valence-corrected chi connectivity index (χ1v) is 6.26. The van der Waals surface area contributed by atoms with Crippen LogP contribution in [0, 0.1) is 12.3 Å². The van der Waals surface area contributed by atoms with Crippen LogP contribution in [-0.4, -0.2) is 10.2 Å². The number of rotatable bonds is 2. The Morgan fingerprint density at radius 2 is 1.78 bits per heavy atom. The van der Waals surface area contributed by atoms with Crippen LogP contribution in [-0.2, 0) is 6.42 Å². The molecule has 2 aromatic rings. The van der Waals surface area contributed by atoms with Gasteiger partial charge in [0.1, 0.15) is 0 Å². The Morgan fingerprint density at radius 3 is 2.33 bits per heavy atom. The molecule has 2 rings (SSSR count). The van der Waals surface area contributed by atoms with E-state index in [-0.39, 0.29) is 5.41 Å². The van der Waals surface area contributed by atoms with Gasteiger partial charge >= 0.3 is 0 Å². The van der Waals surface area contributed by atoms with Gasteiger partial charge in [0.2, 0.25) is 0 Å². The maximum atomic E-state index is 5.99. The first-order chi connectivity index (χ1) is 8.37. The fraction of sp³-hybridized carbons (Fsp3) is 0.400. The quantitative estimate of drug-likeness (QED) is 0.847. The van der Waals surface area contributed by atoms with E-state index >= 15 is 0 Å². The largest absolute Gasteiger partial charge is 0.382 e. The number of hydrogen-bond acceptors (Lipinski definition) is 2. The molecule has 0 saturated heterocycles. The minimum Gasteiger partial charge on any atom is -0.382 e. The highest BCUT2D eigenvalue weighted by Crippen LogP contribution is 2.32. The molecule has 96 valence electrons. The number of nitrogens with zero attached hydrogens (tertiary/aromatic N) is 1. The molecule has 0 unspecified atom stereocenters. The van der Waals surface area contributed by atoms with Crippen molar-refractivity contribution >= 4 is 5.82 Å². The summed E-state index contributed by atoms with van der Waals surface area (Å²) in [6.07, 6.45) is 0.931. The summed E-state index contributed by atoms with van der Waals surface area (Å²) in [5, 5.41) is 7.22. The van der Waals surface area contributed by atoms with Gasteiger partial charge in [-0.3, -0.25) is 5.10 Å². The van der Waals surface area contributed by atoms with Gasteiger partial charge in [-0.1, -0.05) is 50.6 Å². The van der Waals surface area contributed by atoms with Crippen molar-refractivity contribution in [3.63, 3.8) is 0 Å². The van der Waals surface area contributed by atoms with E-state index in [2.05, 4.69) is 62.2 Å². The second kappa shape index (κ2) is 4.48. The van der Waals surface area contributed by atoms with E-state index in [4.69, 9.17) is 5.73 Å². The molecule has 0 spiro atoms. The third-order valence-corrected chi connectivity index (χ3v) is 2.92. The number of anilines is 1. The number of nitrogen functional groups attached to an aromatic ring is 1. The first kappa shape index (κ1) is 12.7. The Morgan fingerprint density at radius 1 is 1.17 bits per heavy atom. The highest BCUT2D eigenvalue weighted by atomic mass is 15.2. The van der Waals surface area contributed by atoms with Gasteiger partial charge in [0.15, 0.2) is 5.82 Å². The van der Waals surface area contributed by atoms with Crippen LogP contribution in [0.1, 0.15) is 32.0 Å². The second-order valence-electron chi connectivity index (χ2n) is 6.07. The van der Waals surface area contributed by atoms with Gasteiger partial charge in [-0.2, -0.15) is 5.10 Å². The van der Waals surface area contributed by atoms with Crippen molar-refractivity contribution in [2.24, 2.45) is 5.41 Å². The van der Waals surface area contributed by atoms with Crippen molar-refractivity contribution in [3.8, 4) is 11.1 Å². The van der Waals surface area contributed by atoms with Crippen LogP contribution >= 0.6 is 0 Å². The summed E-state index contributed by atoms with van der Waals surface area (Å²) in [4.78, 5) is 0. The summed E-state index contributed by atoms with van der Waals surface area (Å²) in [5.74, 6) is 0.582. The molecule has 0 aliphatic rings. The van der Waals surface area contributed by atoms with Gasteiger partial charge in [0, 0.05) is 11.3 Å². The van der Waals surface area contributed by atoms with Crippen molar-refractivity contribution in [3.05, 3.63) is 35.5 Å². The van der Waals surface area contributed by atoms with E-state index in [1.165, 1.54) is 5.56 Å². The SMILES string of the molecule is Cc1ccc(-c2c(N)n[nH]c2CC(C)(C)C)cc1. The fourth-order valence-electron chi connectivity index (χ4n) is 2.09. The molecule has 0 atom stereocenters. The standard InChI is InChI=1S/C15H21N3/c1-10-5-7-11(8-6-10)13-12(9-15(2,3)4)17-18-14(13)16/h5-8H,9H2,1-4H3,(H3,16,17,18). The van der Waals surface area contributed by atoms with Crippen LogP contribution in [0.3, 0.4) is 0 Å². The maximum Gasteiger partial charge on any atom is 0.153 e. The Hall–Kier alpha value is -1.77. The molecule has 3 N–H and O–H groups in total. The lowest BCUT2D eigenvalue weighted by Crippen LogP contribution is -2.10. The van der Waals surface area contributed by atoms with E-state index in [1.807, 2.05) is 0 Å². The first-order valence-electron chi connectivity index (χ1n) is 6.26. The van der Waals surface area contributed by atoms with Crippen LogP contribution in [0.15, 0.2) is 24.3 Å². The molecule has 0 amide bonds.